The lowest BCUT2D eigenvalue weighted by Gasteiger charge is -2.23. The smallest absolute Gasteiger partial charge is 0.269 e. The molecule has 36 heavy (non-hydrogen) atoms. The number of benzene rings is 2. The molecule has 0 fully saturated rings. The van der Waals surface area contributed by atoms with Gasteiger partial charge in [0.1, 0.15) is 0 Å². The summed E-state index contributed by atoms with van der Waals surface area (Å²) in [4.78, 5) is 26.5. The van der Waals surface area contributed by atoms with Crippen molar-refractivity contribution < 1.29 is 4.92 Å². The van der Waals surface area contributed by atoms with Crippen LogP contribution in [0, 0.1) is 10.1 Å². The Hall–Kier alpha value is -3.60. The van der Waals surface area contributed by atoms with Crippen LogP contribution in [0.5, 0.6) is 0 Å². The first-order valence-corrected chi connectivity index (χ1v) is 12.8. The minimum Gasteiger partial charge on any atom is -0.341 e. The fourth-order valence-electron chi connectivity index (χ4n) is 3.31. The van der Waals surface area contributed by atoms with Gasteiger partial charge >= 0.3 is 0 Å². The minimum absolute atomic E-state index is 0.0160. The molecule has 0 radical (unpaired) electrons. The van der Waals surface area contributed by atoms with Gasteiger partial charge in [0, 0.05) is 35.4 Å². The monoisotopic (exact) mass is 554 g/mol. The Morgan fingerprint density at radius 3 is 2.17 bits per heavy atom. The van der Waals surface area contributed by atoms with Crippen LogP contribution in [0.3, 0.4) is 0 Å². The van der Waals surface area contributed by atoms with E-state index in [0.29, 0.717) is 23.5 Å². The zero-order valence-corrected chi connectivity index (χ0v) is 22.3. The summed E-state index contributed by atoms with van der Waals surface area (Å²) >= 11 is 3.45. The highest BCUT2D eigenvalue weighted by Gasteiger charge is 2.14. The predicted octanol–water partition coefficient (Wildman–Crippen LogP) is 6.53. The largest absolute Gasteiger partial charge is 0.341 e. The topological polar surface area (TPSA) is 121 Å². The second-order valence-corrected chi connectivity index (χ2v) is 9.14. The molecular weight excluding hydrogens is 524 g/mol. The molecule has 0 aliphatic carbocycles. The van der Waals surface area contributed by atoms with E-state index in [-0.39, 0.29) is 5.69 Å². The number of rotatable bonds is 13. The van der Waals surface area contributed by atoms with Gasteiger partial charge in [-0.1, -0.05) is 54.8 Å². The summed E-state index contributed by atoms with van der Waals surface area (Å²) in [5, 5.41) is 18.6. The van der Waals surface area contributed by atoms with Gasteiger partial charge in [0.05, 0.1) is 10.6 Å². The van der Waals surface area contributed by atoms with E-state index in [4.69, 9.17) is 0 Å². The Balaban J connectivity index is 1.91. The lowest BCUT2D eigenvalue weighted by molar-refractivity contribution is -0.384. The average Bonchev–Trinajstić information content (AvgIpc) is 2.88. The first kappa shape index (κ1) is 27.0. The van der Waals surface area contributed by atoms with Crippen LogP contribution in [0.2, 0.25) is 0 Å². The van der Waals surface area contributed by atoms with Crippen LogP contribution < -0.4 is 15.6 Å². The normalized spacial score (nSPS) is 11.3. The van der Waals surface area contributed by atoms with E-state index in [0.717, 1.165) is 54.5 Å². The number of unbranched alkanes of at least 4 members (excludes halogenated alkanes) is 2. The van der Waals surface area contributed by atoms with Crippen LogP contribution in [0.15, 0.2) is 58.1 Å². The van der Waals surface area contributed by atoms with Crippen LogP contribution in [-0.2, 0) is 0 Å². The molecule has 1 heterocycles. The number of hydrogen-bond acceptors (Lipinski definition) is 9. The van der Waals surface area contributed by atoms with Crippen molar-refractivity contribution in [3.63, 3.8) is 0 Å². The molecule has 0 amide bonds. The van der Waals surface area contributed by atoms with Crippen molar-refractivity contribution in [1.29, 1.82) is 0 Å². The standard InChI is InChI=1S/C25H31BrN8O2/c1-4-6-16-33(17-7-5-2)25-29-23(27-21-12-14-22(15-13-21)34(35)36)28-24(30-25)32-31-18(3)19-8-10-20(26)11-9-19/h8-15H,4-7,16-17H2,1-3H3,(H2,27,28,29,30,32)/b31-18+. The summed E-state index contributed by atoms with van der Waals surface area (Å²) in [6.45, 7) is 7.87. The molecule has 0 bridgehead atoms. The van der Waals surface area contributed by atoms with Gasteiger partial charge in [0.2, 0.25) is 17.8 Å². The van der Waals surface area contributed by atoms with Crippen LogP contribution >= 0.6 is 15.9 Å². The van der Waals surface area contributed by atoms with Gasteiger partial charge in [0.25, 0.3) is 5.69 Å². The second-order valence-electron chi connectivity index (χ2n) is 8.22. The first-order chi connectivity index (χ1) is 17.4. The lowest BCUT2D eigenvalue weighted by Crippen LogP contribution is -2.28. The number of aromatic nitrogens is 3. The van der Waals surface area contributed by atoms with Crippen molar-refractivity contribution in [3.8, 4) is 0 Å². The number of nitrogens with zero attached hydrogens (tertiary/aromatic N) is 6. The van der Waals surface area contributed by atoms with Crippen molar-refractivity contribution in [1.82, 2.24) is 15.0 Å². The van der Waals surface area contributed by atoms with Crippen molar-refractivity contribution in [2.45, 2.75) is 46.5 Å². The zero-order valence-electron chi connectivity index (χ0n) is 20.7. The van der Waals surface area contributed by atoms with Crippen molar-refractivity contribution in [3.05, 3.63) is 68.7 Å². The highest BCUT2D eigenvalue weighted by Crippen LogP contribution is 2.21. The van der Waals surface area contributed by atoms with E-state index in [9.17, 15) is 10.1 Å². The molecule has 3 aromatic rings. The number of hydrazone groups is 1. The van der Waals surface area contributed by atoms with Crippen LogP contribution in [0.25, 0.3) is 0 Å². The molecular formula is C25H31BrN8O2. The van der Waals surface area contributed by atoms with Gasteiger partial charge < -0.3 is 10.2 Å². The summed E-state index contributed by atoms with van der Waals surface area (Å²) in [5.41, 5.74) is 5.37. The average molecular weight is 555 g/mol. The van der Waals surface area contributed by atoms with Gasteiger partial charge in [-0.15, -0.1) is 0 Å². The molecule has 2 aromatic carbocycles. The van der Waals surface area contributed by atoms with E-state index >= 15 is 0 Å². The lowest BCUT2D eigenvalue weighted by atomic mass is 10.1. The van der Waals surface area contributed by atoms with Gasteiger partial charge in [-0.25, -0.2) is 5.43 Å². The Bertz CT molecular complexity index is 1160. The molecule has 190 valence electrons. The van der Waals surface area contributed by atoms with Crippen LogP contribution in [0.1, 0.15) is 52.0 Å². The molecule has 2 N–H and O–H groups in total. The number of hydrogen-bond donors (Lipinski definition) is 2. The molecule has 0 spiro atoms. The maximum absolute atomic E-state index is 11.0. The summed E-state index contributed by atoms with van der Waals surface area (Å²) in [5.74, 6) is 1.18. The van der Waals surface area contributed by atoms with Crippen LogP contribution in [-0.4, -0.2) is 38.7 Å². The highest BCUT2D eigenvalue weighted by molar-refractivity contribution is 9.10. The summed E-state index contributed by atoms with van der Waals surface area (Å²) in [6.07, 6.45) is 4.15. The Morgan fingerprint density at radius 1 is 0.972 bits per heavy atom. The summed E-state index contributed by atoms with van der Waals surface area (Å²) in [7, 11) is 0. The van der Waals surface area contributed by atoms with Gasteiger partial charge in [-0.05, 0) is 49.6 Å². The molecule has 0 aliphatic rings. The fourth-order valence-corrected chi connectivity index (χ4v) is 3.57. The van der Waals surface area contributed by atoms with E-state index in [2.05, 4.69) is 65.5 Å². The van der Waals surface area contributed by atoms with Crippen molar-refractivity contribution in [2.24, 2.45) is 5.10 Å². The first-order valence-electron chi connectivity index (χ1n) is 12.0. The molecule has 10 nitrogen and oxygen atoms in total. The van der Waals surface area contributed by atoms with E-state index in [1.807, 2.05) is 31.2 Å². The van der Waals surface area contributed by atoms with E-state index < -0.39 is 4.92 Å². The summed E-state index contributed by atoms with van der Waals surface area (Å²) in [6, 6.07) is 14.0. The maximum atomic E-state index is 11.0. The fraction of sp³-hybridized carbons (Fsp3) is 0.360. The van der Waals surface area contributed by atoms with Gasteiger partial charge in [-0.3, -0.25) is 10.1 Å². The number of nitrogens with one attached hydrogen (secondary N) is 2. The highest BCUT2D eigenvalue weighted by atomic mass is 79.9. The molecule has 11 heteroatoms. The van der Waals surface area contributed by atoms with E-state index in [1.54, 1.807) is 12.1 Å². The predicted molar refractivity (Wildman–Crippen MR) is 148 cm³/mol. The molecule has 3 rings (SSSR count). The molecule has 0 atom stereocenters. The third-order valence-corrected chi connectivity index (χ3v) is 5.92. The number of non-ortho nitro benzene ring substituents is 1. The minimum atomic E-state index is -0.433. The maximum Gasteiger partial charge on any atom is 0.269 e. The molecule has 0 saturated heterocycles. The SMILES string of the molecule is CCCCN(CCCC)c1nc(N/N=C(\C)c2ccc(Br)cc2)nc(Nc2ccc([N+](=O)[O-])cc2)n1. The van der Waals surface area contributed by atoms with Crippen molar-refractivity contribution >= 4 is 50.9 Å². The second kappa shape index (κ2) is 13.5. The summed E-state index contributed by atoms with van der Waals surface area (Å²) < 4.78 is 0.996. The Kier molecular flexibility index (Phi) is 10.1. The Morgan fingerprint density at radius 2 is 1.58 bits per heavy atom. The van der Waals surface area contributed by atoms with Gasteiger partial charge in [0.15, 0.2) is 0 Å². The molecule has 0 saturated carbocycles. The van der Waals surface area contributed by atoms with Gasteiger partial charge in [-0.2, -0.15) is 20.1 Å². The number of anilines is 4. The number of nitro benzene ring substituents is 1. The molecule has 1 aromatic heterocycles. The molecule has 0 unspecified atom stereocenters. The third-order valence-electron chi connectivity index (χ3n) is 5.39. The van der Waals surface area contributed by atoms with Crippen molar-refractivity contribution in [2.75, 3.05) is 28.7 Å². The number of halogens is 1. The Labute approximate surface area is 219 Å². The van der Waals surface area contributed by atoms with E-state index in [1.165, 1.54) is 12.1 Å². The van der Waals surface area contributed by atoms with Crippen LogP contribution in [0.4, 0.5) is 29.2 Å². The quantitative estimate of drug-likeness (QED) is 0.139. The molecule has 0 aliphatic heterocycles. The zero-order chi connectivity index (χ0) is 25.9. The number of nitro groups is 1. The third kappa shape index (κ3) is 7.98.